The molecule has 0 aliphatic carbocycles. The lowest BCUT2D eigenvalue weighted by Gasteiger charge is -2.28. The minimum absolute atomic E-state index is 0.608. The maximum absolute atomic E-state index is 4.01. The predicted octanol–water partition coefficient (Wildman–Crippen LogP) is 0.790. The molecule has 0 aromatic carbocycles. The van der Waals surface area contributed by atoms with E-state index >= 15 is 0 Å². The molecule has 4 heteroatoms. The van der Waals surface area contributed by atoms with Crippen molar-refractivity contribution in [3.8, 4) is 0 Å². The molecule has 3 nitrogen and oxygen atoms in total. The highest BCUT2D eigenvalue weighted by Gasteiger charge is 2.19. The van der Waals surface area contributed by atoms with Crippen LogP contribution in [-0.2, 0) is 0 Å². The first-order valence-electron chi connectivity index (χ1n) is 3.26. The molecule has 1 aliphatic rings. The minimum atomic E-state index is 0.608. The number of nitrogens with one attached hydrogen (secondary N) is 1. The molecule has 54 valence electrons. The second-order valence-electron chi connectivity index (χ2n) is 2.44. The molecule has 1 N–H and O–H groups in total. The number of hydrogen-bond acceptors (Lipinski definition) is 2. The fourth-order valence-electron chi connectivity index (χ4n) is 1.03. The third-order valence-electron chi connectivity index (χ3n) is 1.77. The van der Waals surface area contributed by atoms with E-state index in [1.807, 2.05) is 12.5 Å². The minimum Gasteiger partial charge on any atom is -0.320 e. The monoisotopic (exact) mass is 201 g/mol. The van der Waals surface area contributed by atoms with Crippen molar-refractivity contribution in [1.29, 1.82) is 0 Å². The van der Waals surface area contributed by atoms with Gasteiger partial charge in [-0.25, -0.2) is 4.98 Å². The molecule has 1 aromatic rings. The summed E-state index contributed by atoms with van der Waals surface area (Å²) in [6.45, 7) is 2.13. The van der Waals surface area contributed by atoms with Gasteiger partial charge in [0.25, 0.3) is 0 Å². The summed E-state index contributed by atoms with van der Waals surface area (Å²) in [5.74, 6) is 0. The van der Waals surface area contributed by atoms with Crippen LogP contribution in [0.2, 0.25) is 0 Å². The third kappa shape index (κ3) is 0.876. The lowest BCUT2D eigenvalue weighted by Crippen LogP contribution is -2.43. The second kappa shape index (κ2) is 2.36. The number of nitrogens with zero attached hydrogens (tertiary/aromatic N) is 2. The van der Waals surface area contributed by atoms with E-state index in [0.29, 0.717) is 6.04 Å². The van der Waals surface area contributed by atoms with Crippen LogP contribution in [0.15, 0.2) is 17.1 Å². The Hall–Kier alpha value is -0.350. The first kappa shape index (κ1) is 6.37. The zero-order valence-corrected chi connectivity index (χ0v) is 7.00. The van der Waals surface area contributed by atoms with Crippen LogP contribution < -0.4 is 5.32 Å². The van der Waals surface area contributed by atoms with Crippen molar-refractivity contribution < 1.29 is 0 Å². The number of hydrogen-bond donors (Lipinski definition) is 1. The highest BCUT2D eigenvalue weighted by molar-refractivity contribution is 9.10. The van der Waals surface area contributed by atoms with Crippen LogP contribution in [0, 0.1) is 0 Å². The van der Waals surface area contributed by atoms with Gasteiger partial charge in [-0.3, -0.25) is 0 Å². The summed E-state index contributed by atoms with van der Waals surface area (Å²) in [6.07, 6.45) is 3.67. The van der Waals surface area contributed by atoms with Crippen LogP contribution in [0.25, 0.3) is 0 Å². The zero-order chi connectivity index (χ0) is 6.97. The van der Waals surface area contributed by atoms with Crippen LogP contribution in [0.5, 0.6) is 0 Å². The molecule has 0 atom stereocenters. The largest absolute Gasteiger partial charge is 0.320 e. The molecule has 2 rings (SSSR count). The summed E-state index contributed by atoms with van der Waals surface area (Å²) < 4.78 is 3.20. The molecule has 1 saturated heterocycles. The number of aromatic nitrogens is 2. The summed E-state index contributed by atoms with van der Waals surface area (Å²) in [7, 11) is 0. The highest BCUT2D eigenvalue weighted by atomic mass is 79.9. The van der Waals surface area contributed by atoms with Crippen molar-refractivity contribution >= 4 is 15.9 Å². The SMILES string of the molecule is Brc1cncn1C1CNC1. The third-order valence-corrected chi connectivity index (χ3v) is 2.39. The first-order chi connectivity index (χ1) is 4.88. The van der Waals surface area contributed by atoms with Gasteiger partial charge in [0.05, 0.1) is 18.6 Å². The Morgan fingerprint density at radius 2 is 2.50 bits per heavy atom. The average Bonchev–Trinajstić information content (AvgIpc) is 2.12. The van der Waals surface area contributed by atoms with Gasteiger partial charge < -0.3 is 9.88 Å². The number of rotatable bonds is 1. The van der Waals surface area contributed by atoms with E-state index in [-0.39, 0.29) is 0 Å². The van der Waals surface area contributed by atoms with Crippen LogP contribution in [-0.4, -0.2) is 22.6 Å². The van der Waals surface area contributed by atoms with E-state index < -0.39 is 0 Å². The molecule has 0 saturated carbocycles. The van der Waals surface area contributed by atoms with Crippen LogP contribution in [0.4, 0.5) is 0 Å². The Labute approximate surface area is 67.6 Å². The molecule has 1 aromatic heterocycles. The lowest BCUT2D eigenvalue weighted by molar-refractivity contribution is 0.339. The molecule has 0 amide bonds. The van der Waals surface area contributed by atoms with E-state index in [2.05, 4.69) is 30.8 Å². The van der Waals surface area contributed by atoms with Crippen molar-refractivity contribution in [3.63, 3.8) is 0 Å². The van der Waals surface area contributed by atoms with Gasteiger partial charge in [-0.15, -0.1) is 0 Å². The van der Waals surface area contributed by atoms with Crippen LogP contribution in [0.3, 0.4) is 0 Å². The van der Waals surface area contributed by atoms with Crippen LogP contribution >= 0.6 is 15.9 Å². The zero-order valence-electron chi connectivity index (χ0n) is 5.42. The van der Waals surface area contributed by atoms with Gasteiger partial charge in [0.2, 0.25) is 0 Å². The van der Waals surface area contributed by atoms with Crippen molar-refractivity contribution in [3.05, 3.63) is 17.1 Å². The van der Waals surface area contributed by atoms with Crippen molar-refractivity contribution in [2.45, 2.75) is 6.04 Å². The normalized spacial score (nSPS) is 18.9. The fourth-order valence-corrected chi connectivity index (χ4v) is 1.53. The summed E-state index contributed by atoms with van der Waals surface area (Å²) in [5, 5.41) is 3.21. The summed E-state index contributed by atoms with van der Waals surface area (Å²) in [6, 6.07) is 0.608. The van der Waals surface area contributed by atoms with Crippen LogP contribution in [0.1, 0.15) is 6.04 Å². The summed E-state index contributed by atoms with van der Waals surface area (Å²) in [5.41, 5.74) is 0. The smallest absolute Gasteiger partial charge is 0.105 e. The maximum Gasteiger partial charge on any atom is 0.105 e. The maximum atomic E-state index is 4.01. The van der Waals surface area contributed by atoms with E-state index in [4.69, 9.17) is 0 Å². The molecule has 10 heavy (non-hydrogen) atoms. The van der Waals surface area contributed by atoms with Gasteiger partial charge in [0.15, 0.2) is 0 Å². The molecule has 0 radical (unpaired) electrons. The first-order valence-corrected chi connectivity index (χ1v) is 4.05. The molecule has 0 spiro atoms. The quantitative estimate of drug-likeness (QED) is 0.729. The second-order valence-corrected chi connectivity index (χ2v) is 3.25. The topological polar surface area (TPSA) is 29.9 Å². The van der Waals surface area contributed by atoms with E-state index in [9.17, 15) is 0 Å². The Morgan fingerprint density at radius 1 is 1.70 bits per heavy atom. The summed E-state index contributed by atoms with van der Waals surface area (Å²) in [4.78, 5) is 4.01. The molecule has 2 heterocycles. The van der Waals surface area contributed by atoms with Gasteiger partial charge in [-0.2, -0.15) is 0 Å². The van der Waals surface area contributed by atoms with Crippen molar-refractivity contribution in [2.24, 2.45) is 0 Å². The highest BCUT2D eigenvalue weighted by Crippen LogP contribution is 2.17. The van der Waals surface area contributed by atoms with Gasteiger partial charge in [0, 0.05) is 13.1 Å². The molecule has 0 unspecified atom stereocenters. The Balaban J connectivity index is 2.23. The number of halogens is 1. The Kier molecular flexibility index (Phi) is 1.50. The van der Waals surface area contributed by atoms with Gasteiger partial charge in [-0.1, -0.05) is 0 Å². The molecular weight excluding hydrogens is 194 g/mol. The summed E-state index contributed by atoms with van der Waals surface area (Å²) >= 11 is 3.41. The van der Waals surface area contributed by atoms with Gasteiger partial charge >= 0.3 is 0 Å². The fraction of sp³-hybridized carbons (Fsp3) is 0.500. The van der Waals surface area contributed by atoms with Crippen molar-refractivity contribution in [2.75, 3.05) is 13.1 Å². The van der Waals surface area contributed by atoms with E-state index in [1.54, 1.807) is 0 Å². The standard InChI is InChI=1S/C6H8BrN3/c7-6-3-9-4-10(6)5-1-8-2-5/h3-5,8H,1-2H2. The van der Waals surface area contributed by atoms with Gasteiger partial charge in [-0.05, 0) is 15.9 Å². The van der Waals surface area contributed by atoms with Gasteiger partial charge in [0.1, 0.15) is 4.60 Å². The molecule has 1 fully saturated rings. The van der Waals surface area contributed by atoms with E-state index in [1.165, 1.54) is 0 Å². The number of imidazole rings is 1. The lowest BCUT2D eigenvalue weighted by atomic mass is 10.2. The van der Waals surface area contributed by atoms with E-state index in [0.717, 1.165) is 17.7 Å². The predicted molar refractivity (Wildman–Crippen MR) is 41.8 cm³/mol. The van der Waals surface area contributed by atoms with Crippen molar-refractivity contribution in [1.82, 2.24) is 14.9 Å². The molecule has 0 bridgehead atoms. The average molecular weight is 202 g/mol. The molecule has 1 aliphatic heterocycles. The Bertz CT molecular complexity index is 229. The molecular formula is C6H8BrN3. The Morgan fingerprint density at radius 3 is 2.90 bits per heavy atom.